The molecule has 1 unspecified atom stereocenters. The standard InChI is InChI=1S/C17H18N2O2/c1-10(6-16(20)17-11(2)9-18-21-17)13-4-5-15-14(8-13)7-12(3)19-15/h4-5,7-10,19H,6H2,1-3H3. The number of fused-ring (bicyclic) bond motifs is 1. The minimum Gasteiger partial charge on any atom is -0.359 e. The summed E-state index contributed by atoms with van der Waals surface area (Å²) in [4.78, 5) is 15.5. The summed E-state index contributed by atoms with van der Waals surface area (Å²) in [7, 11) is 0. The zero-order valence-electron chi connectivity index (χ0n) is 12.4. The average molecular weight is 282 g/mol. The molecule has 4 heteroatoms. The van der Waals surface area contributed by atoms with Crippen LogP contribution in [0.3, 0.4) is 0 Å². The summed E-state index contributed by atoms with van der Waals surface area (Å²) in [5.74, 6) is 0.518. The minimum absolute atomic E-state index is 0.00264. The first-order chi connectivity index (χ1) is 10.0. The third kappa shape index (κ3) is 2.61. The Kier molecular flexibility index (Phi) is 3.37. The number of aryl methyl sites for hydroxylation is 2. The van der Waals surface area contributed by atoms with E-state index in [2.05, 4.69) is 41.3 Å². The van der Waals surface area contributed by atoms with Crippen molar-refractivity contribution in [3.63, 3.8) is 0 Å². The molecule has 0 radical (unpaired) electrons. The van der Waals surface area contributed by atoms with Gasteiger partial charge in [0.15, 0.2) is 0 Å². The molecule has 1 aromatic carbocycles. The number of nitrogens with one attached hydrogen (secondary N) is 1. The predicted molar refractivity (Wildman–Crippen MR) is 81.6 cm³/mol. The van der Waals surface area contributed by atoms with Crippen LogP contribution in [0.5, 0.6) is 0 Å². The summed E-state index contributed by atoms with van der Waals surface area (Å²) in [6.45, 7) is 5.94. The maximum absolute atomic E-state index is 12.2. The molecule has 3 rings (SSSR count). The number of aromatic amines is 1. The van der Waals surface area contributed by atoms with Gasteiger partial charge in [0.05, 0.1) is 6.20 Å². The largest absolute Gasteiger partial charge is 0.359 e. The molecule has 0 aliphatic rings. The Bertz CT molecular complexity index is 798. The molecule has 0 saturated carbocycles. The molecule has 21 heavy (non-hydrogen) atoms. The number of nitrogens with zero attached hydrogens (tertiary/aromatic N) is 1. The normalized spacial score (nSPS) is 12.7. The van der Waals surface area contributed by atoms with Crippen molar-refractivity contribution < 1.29 is 9.32 Å². The fraction of sp³-hybridized carbons (Fsp3) is 0.294. The molecule has 4 nitrogen and oxygen atoms in total. The average Bonchev–Trinajstić information content (AvgIpc) is 3.02. The van der Waals surface area contributed by atoms with Crippen molar-refractivity contribution >= 4 is 16.7 Å². The fourth-order valence-corrected chi connectivity index (χ4v) is 2.65. The van der Waals surface area contributed by atoms with E-state index < -0.39 is 0 Å². The van der Waals surface area contributed by atoms with Gasteiger partial charge in [0, 0.05) is 23.2 Å². The molecular weight excluding hydrogens is 264 g/mol. The molecule has 108 valence electrons. The summed E-state index contributed by atoms with van der Waals surface area (Å²) in [6.07, 6.45) is 2.00. The van der Waals surface area contributed by atoms with Crippen LogP contribution in [0.15, 0.2) is 35.0 Å². The zero-order valence-corrected chi connectivity index (χ0v) is 12.4. The molecule has 0 bridgehead atoms. The molecule has 2 heterocycles. The molecule has 0 amide bonds. The first-order valence-corrected chi connectivity index (χ1v) is 7.08. The van der Waals surface area contributed by atoms with Crippen molar-refractivity contribution in [1.29, 1.82) is 0 Å². The smallest absolute Gasteiger partial charge is 0.205 e. The number of rotatable bonds is 4. The Balaban J connectivity index is 1.81. The highest BCUT2D eigenvalue weighted by atomic mass is 16.5. The highest BCUT2D eigenvalue weighted by molar-refractivity contribution is 5.95. The van der Waals surface area contributed by atoms with E-state index in [0.29, 0.717) is 12.2 Å². The van der Waals surface area contributed by atoms with Gasteiger partial charge in [0.2, 0.25) is 11.5 Å². The number of benzene rings is 1. The van der Waals surface area contributed by atoms with Gasteiger partial charge in [0.25, 0.3) is 0 Å². The molecule has 2 aromatic heterocycles. The third-order valence-corrected chi connectivity index (χ3v) is 3.84. The van der Waals surface area contributed by atoms with Crippen LogP contribution in [0.1, 0.15) is 46.6 Å². The highest BCUT2D eigenvalue weighted by Crippen LogP contribution is 2.26. The van der Waals surface area contributed by atoms with Crippen LogP contribution in [0, 0.1) is 13.8 Å². The Hall–Kier alpha value is -2.36. The van der Waals surface area contributed by atoms with E-state index in [9.17, 15) is 4.79 Å². The zero-order chi connectivity index (χ0) is 15.0. The molecule has 3 aromatic rings. The SMILES string of the molecule is Cc1cc2cc(C(C)CC(=O)c3oncc3C)ccc2[nH]1. The fourth-order valence-electron chi connectivity index (χ4n) is 2.65. The second-order valence-electron chi connectivity index (χ2n) is 5.67. The maximum atomic E-state index is 12.2. The van der Waals surface area contributed by atoms with Gasteiger partial charge in [-0.25, -0.2) is 0 Å². The van der Waals surface area contributed by atoms with E-state index in [4.69, 9.17) is 4.52 Å². The summed E-state index contributed by atoms with van der Waals surface area (Å²) < 4.78 is 5.03. The third-order valence-electron chi connectivity index (χ3n) is 3.84. The van der Waals surface area contributed by atoms with Gasteiger partial charge in [-0.15, -0.1) is 0 Å². The topological polar surface area (TPSA) is 58.9 Å². The van der Waals surface area contributed by atoms with Crippen LogP contribution in [-0.4, -0.2) is 15.9 Å². The number of carbonyl (C=O) groups is 1. The monoisotopic (exact) mass is 282 g/mol. The van der Waals surface area contributed by atoms with E-state index in [1.165, 1.54) is 5.39 Å². The molecule has 1 atom stereocenters. The first kappa shape index (κ1) is 13.6. The first-order valence-electron chi connectivity index (χ1n) is 7.08. The lowest BCUT2D eigenvalue weighted by atomic mass is 9.93. The van der Waals surface area contributed by atoms with E-state index in [0.717, 1.165) is 22.3 Å². The lowest BCUT2D eigenvalue weighted by Crippen LogP contribution is -2.05. The Labute approximate surface area is 123 Å². The number of carbonyl (C=O) groups excluding carboxylic acids is 1. The van der Waals surface area contributed by atoms with Crippen LogP contribution in [-0.2, 0) is 0 Å². The quantitative estimate of drug-likeness (QED) is 0.731. The van der Waals surface area contributed by atoms with E-state index in [1.807, 2.05) is 13.8 Å². The Morgan fingerprint density at radius 1 is 1.33 bits per heavy atom. The number of H-pyrrole nitrogens is 1. The predicted octanol–water partition coefficient (Wildman–Crippen LogP) is 4.15. The number of ketones is 1. The Morgan fingerprint density at radius 2 is 2.14 bits per heavy atom. The summed E-state index contributed by atoms with van der Waals surface area (Å²) in [5.41, 5.74) is 4.22. The summed E-state index contributed by atoms with van der Waals surface area (Å²) >= 11 is 0. The minimum atomic E-state index is 0.00264. The highest BCUT2D eigenvalue weighted by Gasteiger charge is 2.18. The van der Waals surface area contributed by atoms with E-state index >= 15 is 0 Å². The van der Waals surface area contributed by atoms with E-state index in [1.54, 1.807) is 6.20 Å². The molecule has 0 spiro atoms. The van der Waals surface area contributed by atoms with Gasteiger partial charge in [-0.05, 0) is 48.9 Å². The molecule has 1 N–H and O–H groups in total. The molecule has 0 aliphatic carbocycles. The van der Waals surface area contributed by atoms with Crippen LogP contribution in [0.25, 0.3) is 10.9 Å². The van der Waals surface area contributed by atoms with Gasteiger partial charge in [-0.2, -0.15) is 0 Å². The Morgan fingerprint density at radius 3 is 2.86 bits per heavy atom. The van der Waals surface area contributed by atoms with Gasteiger partial charge >= 0.3 is 0 Å². The van der Waals surface area contributed by atoms with Crippen molar-refractivity contribution in [2.75, 3.05) is 0 Å². The number of hydrogen-bond donors (Lipinski definition) is 1. The van der Waals surface area contributed by atoms with Crippen LogP contribution >= 0.6 is 0 Å². The van der Waals surface area contributed by atoms with Gasteiger partial charge in [-0.1, -0.05) is 18.1 Å². The van der Waals surface area contributed by atoms with Crippen LogP contribution < -0.4 is 0 Å². The molecule has 0 saturated heterocycles. The molecule has 0 fully saturated rings. The van der Waals surface area contributed by atoms with E-state index in [-0.39, 0.29) is 11.7 Å². The second kappa shape index (κ2) is 5.20. The van der Waals surface area contributed by atoms with Crippen molar-refractivity contribution in [3.05, 3.63) is 53.0 Å². The van der Waals surface area contributed by atoms with Gasteiger partial charge in [0.1, 0.15) is 0 Å². The molecular formula is C17H18N2O2. The maximum Gasteiger partial charge on any atom is 0.205 e. The summed E-state index contributed by atoms with van der Waals surface area (Å²) in [5, 5.41) is 4.85. The number of aromatic nitrogens is 2. The number of hydrogen-bond acceptors (Lipinski definition) is 3. The lowest BCUT2D eigenvalue weighted by molar-refractivity contribution is 0.0939. The molecule has 0 aliphatic heterocycles. The lowest BCUT2D eigenvalue weighted by Gasteiger charge is -2.10. The van der Waals surface area contributed by atoms with Crippen molar-refractivity contribution in [3.8, 4) is 0 Å². The number of Topliss-reactive ketones (excluding diaryl/α,β-unsaturated/α-hetero) is 1. The van der Waals surface area contributed by atoms with Gasteiger partial charge in [-0.3, -0.25) is 4.79 Å². The van der Waals surface area contributed by atoms with Gasteiger partial charge < -0.3 is 9.51 Å². The van der Waals surface area contributed by atoms with Crippen LogP contribution in [0.2, 0.25) is 0 Å². The van der Waals surface area contributed by atoms with Crippen molar-refractivity contribution in [1.82, 2.24) is 10.1 Å². The summed E-state index contributed by atoms with van der Waals surface area (Å²) in [6, 6.07) is 8.40. The van der Waals surface area contributed by atoms with Crippen molar-refractivity contribution in [2.24, 2.45) is 0 Å². The second-order valence-corrected chi connectivity index (χ2v) is 5.67. The van der Waals surface area contributed by atoms with Crippen LogP contribution in [0.4, 0.5) is 0 Å². The van der Waals surface area contributed by atoms with Crippen molar-refractivity contribution in [2.45, 2.75) is 33.1 Å².